The van der Waals surface area contributed by atoms with Crippen molar-refractivity contribution in [3.05, 3.63) is 71.8 Å². The van der Waals surface area contributed by atoms with Crippen LogP contribution in [-0.2, 0) is 5.41 Å². The normalized spacial score (nSPS) is 22.4. The van der Waals surface area contributed by atoms with Crippen LogP contribution in [0.2, 0.25) is 0 Å². The monoisotopic (exact) mass is 290 g/mol. The van der Waals surface area contributed by atoms with E-state index in [1.165, 1.54) is 0 Å². The second-order valence-corrected chi connectivity index (χ2v) is 6.27. The summed E-state index contributed by atoms with van der Waals surface area (Å²) in [4.78, 5) is 2.36. The first-order valence-electron chi connectivity index (χ1n) is 7.92. The molecule has 1 aliphatic rings. The first-order valence-corrected chi connectivity index (χ1v) is 7.92. The van der Waals surface area contributed by atoms with Crippen molar-refractivity contribution >= 4 is 0 Å². The summed E-state index contributed by atoms with van der Waals surface area (Å²) in [6, 6.07) is 23.7. The SMILES string of the molecule is C[C@H]1[C@H](C(C#N)(c2ccccc2)c2ccccc2)CCN1C. The quantitative estimate of drug-likeness (QED) is 0.859. The van der Waals surface area contributed by atoms with E-state index in [0.29, 0.717) is 12.0 Å². The molecular formula is C20H22N2. The predicted molar refractivity (Wildman–Crippen MR) is 89.5 cm³/mol. The molecule has 0 amide bonds. The second-order valence-electron chi connectivity index (χ2n) is 6.27. The molecule has 0 saturated carbocycles. The fraction of sp³-hybridized carbons (Fsp3) is 0.350. The van der Waals surface area contributed by atoms with Gasteiger partial charge >= 0.3 is 0 Å². The third kappa shape index (κ3) is 2.23. The van der Waals surface area contributed by atoms with Crippen molar-refractivity contribution in [2.45, 2.75) is 24.8 Å². The standard InChI is InChI=1S/C20H22N2/c1-16-19(13-14-22(16)2)20(15-21,17-9-5-3-6-10-17)18-11-7-4-8-12-18/h3-12,16,19H,13-14H2,1-2H3/t16-,19+/m0/s1. The summed E-state index contributed by atoms with van der Waals surface area (Å²) in [5, 5.41) is 10.3. The zero-order chi connectivity index (χ0) is 15.6. The summed E-state index contributed by atoms with van der Waals surface area (Å²) in [5.74, 6) is 0.298. The number of hydrogen-bond donors (Lipinski definition) is 0. The first kappa shape index (κ1) is 14.8. The summed E-state index contributed by atoms with van der Waals surface area (Å²) in [6.45, 7) is 3.30. The highest BCUT2D eigenvalue weighted by molar-refractivity contribution is 5.47. The topological polar surface area (TPSA) is 27.0 Å². The summed E-state index contributed by atoms with van der Waals surface area (Å²) in [6.07, 6.45) is 1.05. The van der Waals surface area contributed by atoms with Crippen molar-refractivity contribution in [2.24, 2.45) is 5.92 Å². The molecule has 2 aromatic carbocycles. The number of likely N-dealkylation sites (tertiary alicyclic amines) is 1. The molecule has 0 aromatic heterocycles. The molecule has 0 spiro atoms. The van der Waals surface area contributed by atoms with Gasteiger partial charge in [-0.2, -0.15) is 5.26 Å². The van der Waals surface area contributed by atoms with Crippen molar-refractivity contribution in [3.63, 3.8) is 0 Å². The van der Waals surface area contributed by atoms with Crippen LogP contribution in [0.15, 0.2) is 60.7 Å². The van der Waals surface area contributed by atoms with Gasteiger partial charge in [0.15, 0.2) is 0 Å². The fourth-order valence-electron chi connectivity index (χ4n) is 3.88. The summed E-state index contributed by atoms with van der Waals surface area (Å²) in [7, 11) is 2.16. The van der Waals surface area contributed by atoms with Crippen LogP contribution in [-0.4, -0.2) is 24.5 Å². The summed E-state index contributed by atoms with van der Waals surface area (Å²) >= 11 is 0. The van der Waals surface area contributed by atoms with E-state index in [2.05, 4.69) is 49.2 Å². The molecule has 0 unspecified atom stereocenters. The molecule has 0 N–H and O–H groups in total. The Labute approximate surface area is 133 Å². The van der Waals surface area contributed by atoms with Gasteiger partial charge in [-0.05, 0) is 38.1 Å². The molecular weight excluding hydrogens is 268 g/mol. The first-order chi connectivity index (χ1) is 10.7. The molecule has 1 aliphatic heterocycles. The lowest BCUT2D eigenvalue weighted by atomic mass is 9.64. The van der Waals surface area contributed by atoms with Crippen molar-refractivity contribution in [2.75, 3.05) is 13.6 Å². The Bertz CT molecular complexity index is 618. The Balaban J connectivity index is 2.20. The lowest BCUT2D eigenvalue weighted by molar-refractivity contribution is 0.258. The third-order valence-electron chi connectivity index (χ3n) is 5.26. The Morgan fingerprint density at radius 1 is 1.00 bits per heavy atom. The number of nitriles is 1. The molecule has 3 rings (SSSR count). The predicted octanol–water partition coefficient (Wildman–Crippen LogP) is 3.84. The van der Waals surface area contributed by atoms with Crippen LogP contribution in [0, 0.1) is 17.2 Å². The van der Waals surface area contributed by atoms with Gasteiger partial charge in [-0.15, -0.1) is 0 Å². The molecule has 0 aliphatic carbocycles. The van der Waals surface area contributed by atoms with E-state index in [9.17, 15) is 5.26 Å². The van der Waals surface area contributed by atoms with Gasteiger partial charge in [0.2, 0.25) is 0 Å². The van der Waals surface area contributed by atoms with E-state index < -0.39 is 5.41 Å². The maximum atomic E-state index is 10.3. The van der Waals surface area contributed by atoms with E-state index in [4.69, 9.17) is 0 Å². The number of rotatable bonds is 3. The lowest BCUT2D eigenvalue weighted by Crippen LogP contribution is -2.41. The summed E-state index contributed by atoms with van der Waals surface area (Å²) < 4.78 is 0. The van der Waals surface area contributed by atoms with Crippen molar-refractivity contribution in [1.82, 2.24) is 4.90 Å². The largest absolute Gasteiger partial charge is 0.303 e. The van der Waals surface area contributed by atoms with Gasteiger partial charge in [-0.25, -0.2) is 0 Å². The minimum absolute atomic E-state index is 0.298. The van der Waals surface area contributed by atoms with Gasteiger partial charge in [-0.1, -0.05) is 60.7 Å². The van der Waals surface area contributed by atoms with Gasteiger partial charge in [0.1, 0.15) is 5.41 Å². The van der Waals surface area contributed by atoms with E-state index in [-0.39, 0.29) is 0 Å². The number of nitrogens with zero attached hydrogens (tertiary/aromatic N) is 2. The van der Waals surface area contributed by atoms with Crippen molar-refractivity contribution in [3.8, 4) is 6.07 Å². The molecule has 2 atom stereocenters. The van der Waals surface area contributed by atoms with Crippen LogP contribution < -0.4 is 0 Å². The van der Waals surface area contributed by atoms with Gasteiger partial charge in [-0.3, -0.25) is 0 Å². The minimum Gasteiger partial charge on any atom is -0.303 e. The second kappa shape index (κ2) is 5.94. The van der Waals surface area contributed by atoms with Crippen LogP contribution in [0.4, 0.5) is 0 Å². The average molecular weight is 290 g/mol. The molecule has 1 heterocycles. The van der Waals surface area contributed by atoms with Gasteiger partial charge in [0.05, 0.1) is 6.07 Å². The molecule has 112 valence electrons. The van der Waals surface area contributed by atoms with Crippen LogP contribution in [0.1, 0.15) is 24.5 Å². The fourth-order valence-corrected chi connectivity index (χ4v) is 3.88. The van der Waals surface area contributed by atoms with Crippen LogP contribution in [0.5, 0.6) is 0 Å². The zero-order valence-corrected chi connectivity index (χ0v) is 13.2. The van der Waals surface area contributed by atoms with E-state index in [1.54, 1.807) is 0 Å². The molecule has 1 saturated heterocycles. The Morgan fingerprint density at radius 2 is 1.50 bits per heavy atom. The maximum Gasteiger partial charge on any atom is 0.111 e. The van der Waals surface area contributed by atoms with Crippen molar-refractivity contribution < 1.29 is 0 Å². The number of hydrogen-bond acceptors (Lipinski definition) is 2. The molecule has 1 fully saturated rings. The minimum atomic E-state index is -0.577. The van der Waals surface area contributed by atoms with Gasteiger partial charge in [0.25, 0.3) is 0 Å². The highest BCUT2D eigenvalue weighted by atomic mass is 15.2. The Morgan fingerprint density at radius 3 is 1.86 bits per heavy atom. The van der Waals surface area contributed by atoms with Gasteiger partial charge < -0.3 is 4.90 Å². The van der Waals surface area contributed by atoms with Crippen LogP contribution >= 0.6 is 0 Å². The lowest BCUT2D eigenvalue weighted by Gasteiger charge is -2.37. The third-order valence-corrected chi connectivity index (χ3v) is 5.26. The van der Waals surface area contributed by atoms with Crippen LogP contribution in [0.3, 0.4) is 0 Å². The smallest absolute Gasteiger partial charge is 0.111 e. The molecule has 2 heteroatoms. The molecule has 0 radical (unpaired) electrons. The zero-order valence-electron chi connectivity index (χ0n) is 13.2. The molecule has 2 nitrogen and oxygen atoms in total. The highest BCUT2D eigenvalue weighted by Gasteiger charge is 2.48. The highest BCUT2D eigenvalue weighted by Crippen LogP contribution is 2.45. The van der Waals surface area contributed by atoms with Gasteiger partial charge in [0, 0.05) is 12.0 Å². The van der Waals surface area contributed by atoms with E-state index in [0.717, 1.165) is 24.1 Å². The molecule has 0 bridgehead atoms. The Kier molecular flexibility index (Phi) is 4.00. The molecule has 2 aromatic rings. The van der Waals surface area contributed by atoms with Crippen molar-refractivity contribution in [1.29, 1.82) is 5.26 Å². The summed E-state index contributed by atoms with van der Waals surface area (Å²) in [5.41, 5.74) is 1.64. The molecule has 22 heavy (non-hydrogen) atoms. The average Bonchev–Trinajstić information content (AvgIpc) is 2.91. The van der Waals surface area contributed by atoms with E-state index >= 15 is 0 Å². The number of benzene rings is 2. The van der Waals surface area contributed by atoms with Crippen LogP contribution in [0.25, 0.3) is 0 Å². The van der Waals surface area contributed by atoms with E-state index in [1.807, 2.05) is 36.4 Å². The maximum absolute atomic E-state index is 10.3. The Hall–Kier alpha value is -2.11.